The number of hydrogen-bond donors (Lipinski definition) is 1. The first-order valence-corrected chi connectivity index (χ1v) is 7.75. The Bertz CT molecular complexity index is 312. The van der Waals surface area contributed by atoms with Crippen molar-refractivity contribution < 1.29 is 0 Å². The van der Waals surface area contributed by atoms with Gasteiger partial charge in [-0.1, -0.05) is 37.6 Å². The topological polar surface area (TPSA) is 12.0 Å². The van der Waals surface area contributed by atoms with Crippen LogP contribution >= 0.6 is 11.8 Å². The molecule has 17 heavy (non-hydrogen) atoms. The zero-order valence-electron chi connectivity index (χ0n) is 11.3. The molecule has 0 saturated heterocycles. The Morgan fingerprint density at radius 1 is 1.29 bits per heavy atom. The van der Waals surface area contributed by atoms with E-state index in [1.165, 1.54) is 29.7 Å². The standard InChI is InChI=1S/C15H25NS/c1-4-7-14(3)16-10-11-17-12-15-9-6-5-8-13(15)2/h5-6,8-9,14,16H,4,7,10-12H2,1-3H3. The van der Waals surface area contributed by atoms with Crippen molar-refractivity contribution in [1.82, 2.24) is 5.32 Å². The third-order valence-electron chi connectivity index (χ3n) is 2.98. The Labute approximate surface area is 110 Å². The molecule has 1 unspecified atom stereocenters. The molecule has 0 radical (unpaired) electrons. The molecule has 0 bridgehead atoms. The molecule has 1 rings (SSSR count). The van der Waals surface area contributed by atoms with Crippen molar-refractivity contribution >= 4 is 11.8 Å². The molecule has 1 nitrogen and oxygen atoms in total. The maximum absolute atomic E-state index is 3.56. The first kappa shape index (κ1) is 14.6. The van der Waals surface area contributed by atoms with Gasteiger partial charge in [0.05, 0.1) is 0 Å². The second-order valence-electron chi connectivity index (χ2n) is 4.62. The van der Waals surface area contributed by atoms with Gasteiger partial charge < -0.3 is 5.32 Å². The van der Waals surface area contributed by atoms with Crippen molar-refractivity contribution in [3.05, 3.63) is 35.4 Å². The van der Waals surface area contributed by atoms with E-state index in [-0.39, 0.29) is 0 Å². The van der Waals surface area contributed by atoms with E-state index in [1.54, 1.807) is 0 Å². The summed E-state index contributed by atoms with van der Waals surface area (Å²) >= 11 is 2.02. The highest BCUT2D eigenvalue weighted by Gasteiger charge is 2.00. The number of aryl methyl sites for hydroxylation is 1. The van der Waals surface area contributed by atoms with Gasteiger partial charge in [0.1, 0.15) is 0 Å². The number of benzene rings is 1. The van der Waals surface area contributed by atoms with Crippen LogP contribution in [0.2, 0.25) is 0 Å². The highest BCUT2D eigenvalue weighted by Crippen LogP contribution is 2.15. The molecule has 0 spiro atoms. The van der Waals surface area contributed by atoms with Crippen LogP contribution in [-0.2, 0) is 5.75 Å². The molecule has 0 fully saturated rings. The lowest BCUT2D eigenvalue weighted by Gasteiger charge is -2.12. The van der Waals surface area contributed by atoms with Gasteiger partial charge in [-0.05, 0) is 31.4 Å². The van der Waals surface area contributed by atoms with Crippen LogP contribution in [0.25, 0.3) is 0 Å². The second kappa shape index (κ2) is 8.60. The Kier molecular flexibility index (Phi) is 7.38. The van der Waals surface area contributed by atoms with Gasteiger partial charge in [0.25, 0.3) is 0 Å². The van der Waals surface area contributed by atoms with E-state index < -0.39 is 0 Å². The van der Waals surface area contributed by atoms with Gasteiger partial charge in [-0.25, -0.2) is 0 Å². The molecule has 1 atom stereocenters. The van der Waals surface area contributed by atoms with Gasteiger partial charge in [-0.15, -0.1) is 0 Å². The normalized spacial score (nSPS) is 12.6. The largest absolute Gasteiger partial charge is 0.313 e. The number of thioether (sulfide) groups is 1. The van der Waals surface area contributed by atoms with E-state index in [9.17, 15) is 0 Å². The van der Waals surface area contributed by atoms with Crippen LogP contribution in [0.5, 0.6) is 0 Å². The lowest BCUT2D eigenvalue weighted by Crippen LogP contribution is -2.27. The highest BCUT2D eigenvalue weighted by atomic mass is 32.2. The van der Waals surface area contributed by atoms with Crippen molar-refractivity contribution in [2.75, 3.05) is 12.3 Å². The molecule has 1 aromatic rings. The van der Waals surface area contributed by atoms with Crippen LogP contribution in [0.4, 0.5) is 0 Å². The number of nitrogens with one attached hydrogen (secondary N) is 1. The molecule has 2 heteroatoms. The van der Waals surface area contributed by atoms with E-state index in [0.717, 1.165) is 12.3 Å². The van der Waals surface area contributed by atoms with Gasteiger partial charge in [0.15, 0.2) is 0 Å². The van der Waals surface area contributed by atoms with Gasteiger partial charge in [0.2, 0.25) is 0 Å². The van der Waals surface area contributed by atoms with E-state index in [2.05, 4.69) is 50.4 Å². The highest BCUT2D eigenvalue weighted by molar-refractivity contribution is 7.98. The summed E-state index contributed by atoms with van der Waals surface area (Å²) in [7, 11) is 0. The predicted molar refractivity (Wildman–Crippen MR) is 79.7 cm³/mol. The van der Waals surface area contributed by atoms with Crippen molar-refractivity contribution in [2.24, 2.45) is 0 Å². The molecule has 1 N–H and O–H groups in total. The maximum Gasteiger partial charge on any atom is 0.0187 e. The third-order valence-corrected chi connectivity index (χ3v) is 3.99. The van der Waals surface area contributed by atoms with Crippen molar-refractivity contribution in [3.8, 4) is 0 Å². The fourth-order valence-electron chi connectivity index (χ4n) is 1.87. The molecular weight excluding hydrogens is 226 g/mol. The van der Waals surface area contributed by atoms with E-state index >= 15 is 0 Å². The first-order chi connectivity index (χ1) is 8.24. The molecule has 0 saturated carbocycles. The molecule has 0 aliphatic heterocycles. The van der Waals surface area contributed by atoms with E-state index in [1.807, 2.05) is 11.8 Å². The summed E-state index contributed by atoms with van der Waals surface area (Å²) in [5.74, 6) is 2.33. The van der Waals surface area contributed by atoms with Crippen LogP contribution in [0, 0.1) is 6.92 Å². The quantitative estimate of drug-likeness (QED) is 0.701. The average molecular weight is 251 g/mol. The van der Waals surface area contributed by atoms with Crippen molar-refractivity contribution in [2.45, 2.75) is 45.4 Å². The van der Waals surface area contributed by atoms with Gasteiger partial charge in [-0.2, -0.15) is 11.8 Å². The minimum absolute atomic E-state index is 0.666. The zero-order valence-corrected chi connectivity index (χ0v) is 12.1. The molecule has 0 amide bonds. The summed E-state index contributed by atoms with van der Waals surface area (Å²) in [4.78, 5) is 0. The van der Waals surface area contributed by atoms with Crippen molar-refractivity contribution in [3.63, 3.8) is 0 Å². The van der Waals surface area contributed by atoms with Crippen LogP contribution in [0.1, 0.15) is 37.8 Å². The molecule has 0 aliphatic rings. The lowest BCUT2D eigenvalue weighted by molar-refractivity contribution is 0.526. The minimum Gasteiger partial charge on any atom is -0.313 e. The second-order valence-corrected chi connectivity index (χ2v) is 5.73. The number of hydrogen-bond acceptors (Lipinski definition) is 2. The summed E-state index contributed by atoms with van der Waals surface area (Å²) in [6.45, 7) is 7.83. The smallest absolute Gasteiger partial charge is 0.0187 e. The fraction of sp³-hybridized carbons (Fsp3) is 0.600. The molecule has 0 aliphatic carbocycles. The Morgan fingerprint density at radius 3 is 2.76 bits per heavy atom. The Hall–Kier alpha value is -0.470. The monoisotopic (exact) mass is 251 g/mol. The van der Waals surface area contributed by atoms with E-state index in [0.29, 0.717) is 6.04 Å². The molecule has 0 heterocycles. The van der Waals surface area contributed by atoms with Crippen molar-refractivity contribution in [1.29, 1.82) is 0 Å². The first-order valence-electron chi connectivity index (χ1n) is 6.59. The van der Waals surface area contributed by atoms with Gasteiger partial charge >= 0.3 is 0 Å². The van der Waals surface area contributed by atoms with E-state index in [4.69, 9.17) is 0 Å². The summed E-state index contributed by atoms with van der Waals surface area (Å²) in [6.07, 6.45) is 2.55. The minimum atomic E-state index is 0.666. The molecule has 0 aromatic heterocycles. The number of rotatable bonds is 8. The SMILES string of the molecule is CCCC(C)NCCSCc1ccccc1C. The Morgan fingerprint density at radius 2 is 2.06 bits per heavy atom. The van der Waals surface area contributed by atoms with Crippen LogP contribution in [0.3, 0.4) is 0 Å². The molecular formula is C15H25NS. The summed E-state index contributed by atoms with van der Waals surface area (Å²) in [5.41, 5.74) is 2.88. The van der Waals surface area contributed by atoms with Gasteiger partial charge in [-0.3, -0.25) is 0 Å². The van der Waals surface area contributed by atoms with Crippen LogP contribution in [0.15, 0.2) is 24.3 Å². The summed E-state index contributed by atoms with van der Waals surface area (Å²) in [6, 6.07) is 9.33. The zero-order chi connectivity index (χ0) is 12.5. The average Bonchev–Trinajstić information content (AvgIpc) is 2.31. The third kappa shape index (κ3) is 6.13. The lowest BCUT2D eigenvalue weighted by atomic mass is 10.1. The maximum atomic E-state index is 3.56. The summed E-state index contributed by atoms with van der Waals surface area (Å²) < 4.78 is 0. The summed E-state index contributed by atoms with van der Waals surface area (Å²) in [5, 5.41) is 3.56. The van der Waals surface area contributed by atoms with Gasteiger partial charge in [0, 0.05) is 24.1 Å². The molecule has 1 aromatic carbocycles. The van der Waals surface area contributed by atoms with Crippen LogP contribution < -0.4 is 5.32 Å². The molecule has 96 valence electrons. The Balaban J connectivity index is 2.10. The fourth-order valence-corrected chi connectivity index (χ4v) is 2.82. The van der Waals surface area contributed by atoms with Crippen LogP contribution in [-0.4, -0.2) is 18.3 Å². The predicted octanol–water partition coefficient (Wildman–Crippen LogP) is 4.01.